The van der Waals surface area contributed by atoms with Gasteiger partial charge in [-0.2, -0.15) is 0 Å². The van der Waals surface area contributed by atoms with Crippen LogP contribution in [0.3, 0.4) is 0 Å². The standard InChI is InChI=1S/C13H23N3O2/c1-2-10(8-14)7-13(18)15-5-6-16-11(9-15)3-4-12(16)17/h10-11H,2-9,14H2,1H3. The number of hydrogen-bond acceptors (Lipinski definition) is 3. The van der Waals surface area contributed by atoms with E-state index in [1.165, 1.54) is 0 Å². The monoisotopic (exact) mass is 253 g/mol. The van der Waals surface area contributed by atoms with E-state index in [1.807, 2.05) is 9.80 Å². The predicted molar refractivity (Wildman–Crippen MR) is 68.8 cm³/mol. The molecule has 0 spiro atoms. The molecule has 2 aliphatic heterocycles. The molecule has 102 valence electrons. The summed E-state index contributed by atoms with van der Waals surface area (Å²) in [4.78, 5) is 27.6. The van der Waals surface area contributed by atoms with Crippen LogP contribution in [0.5, 0.6) is 0 Å². The second-order valence-electron chi connectivity index (χ2n) is 5.33. The van der Waals surface area contributed by atoms with E-state index in [2.05, 4.69) is 6.92 Å². The van der Waals surface area contributed by atoms with Crippen LogP contribution in [0, 0.1) is 5.92 Å². The molecule has 0 bridgehead atoms. The number of amides is 2. The summed E-state index contributed by atoms with van der Waals surface area (Å²) in [5, 5.41) is 0. The molecule has 0 aromatic heterocycles. The fraction of sp³-hybridized carbons (Fsp3) is 0.846. The number of rotatable bonds is 4. The Morgan fingerprint density at radius 1 is 1.50 bits per heavy atom. The Balaban J connectivity index is 1.87. The van der Waals surface area contributed by atoms with E-state index in [1.54, 1.807) is 0 Å². The molecule has 2 saturated heterocycles. The number of carbonyl (C=O) groups is 2. The maximum absolute atomic E-state index is 12.2. The molecular formula is C13H23N3O2. The van der Waals surface area contributed by atoms with Crippen LogP contribution in [0.4, 0.5) is 0 Å². The first-order valence-electron chi connectivity index (χ1n) is 6.93. The van der Waals surface area contributed by atoms with Gasteiger partial charge in [-0.25, -0.2) is 0 Å². The molecule has 2 rings (SSSR count). The van der Waals surface area contributed by atoms with Crippen LogP contribution >= 0.6 is 0 Å². The maximum Gasteiger partial charge on any atom is 0.223 e. The third kappa shape index (κ3) is 2.66. The van der Waals surface area contributed by atoms with Crippen LogP contribution in [0.15, 0.2) is 0 Å². The zero-order chi connectivity index (χ0) is 13.1. The molecule has 5 nitrogen and oxygen atoms in total. The molecule has 2 unspecified atom stereocenters. The second kappa shape index (κ2) is 5.69. The van der Waals surface area contributed by atoms with Crippen molar-refractivity contribution < 1.29 is 9.59 Å². The van der Waals surface area contributed by atoms with Crippen LogP contribution < -0.4 is 5.73 Å². The molecule has 5 heteroatoms. The summed E-state index contributed by atoms with van der Waals surface area (Å²) in [6, 6.07) is 0.258. The van der Waals surface area contributed by atoms with E-state index in [9.17, 15) is 9.59 Å². The van der Waals surface area contributed by atoms with Gasteiger partial charge < -0.3 is 15.5 Å². The van der Waals surface area contributed by atoms with Gasteiger partial charge in [0.05, 0.1) is 0 Å². The topological polar surface area (TPSA) is 66.6 Å². The Kier molecular flexibility index (Phi) is 4.22. The molecule has 0 aromatic rings. The zero-order valence-corrected chi connectivity index (χ0v) is 11.1. The Morgan fingerprint density at radius 3 is 2.94 bits per heavy atom. The molecule has 0 aliphatic carbocycles. The summed E-state index contributed by atoms with van der Waals surface area (Å²) in [6.45, 7) is 4.74. The van der Waals surface area contributed by atoms with Gasteiger partial charge >= 0.3 is 0 Å². The van der Waals surface area contributed by atoms with Crippen molar-refractivity contribution in [1.29, 1.82) is 0 Å². The van der Waals surface area contributed by atoms with Gasteiger partial charge in [0.2, 0.25) is 11.8 Å². The largest absolute Gasteiger partial charge is 0.339 e. The molecule has 0 saturated carbocycles. The van der Waals surface area contributed by atoms with Crippen molar-refractivity contribution in [3.63, 3.8) is 0 Å². The molecule has 2 aliphatic rings. The zero-order valence-electron chi connectivity index (χ0n) is 11.1. The van der Waals surface area contributed by atoms with Gasteiger partial charge in [-0.3, -0.25) is 9.59 Å². The minimum absolute atomic E-state index is 0.200. The third-order valence-electron chi connectivity index (χ3n) is 4.22. The van der Waals surface area contributed by atoms with Gasteiger partial charge in [0.25, 0.3) is 0 Å². The van der Waals surface area contributed by atoms with Crippen LogP contribution in [-0.4, -0.2) is 53.8 Å². The number of fused-ring (bicyclic) bond motifs is 1. The molecular weight excluding hydrogens is 230 g/mol. The van der Waals surface area contributed by atoms with Gasteiger partial charge in [-0.15, -0.1) is 0 Å². The highest BCUT2D eigenvalue weighted by Gasteiger charge is 2.36. The van der Waals surface area contributed by atoms with E-state index in [0.717, 1.165) is 12.8 Å². The Bertz CT molecular complexity index is 328. The lowest BCUT2D eigenvalue weighted by Crippen LogP contribution is -2.53. The summed E-state index contributed by atoms with van der Waals surface area (Å²) < 4.78 is 0. The van der Waals surface area contributed by atoms with E-state index >= 15 is 0 Å². The number of nitrogens with zero attached hydrogens (tertiary/aromatic N) is 2. The Morgan fingerprint density at radius 2 is 2.28 bits per heavy atom. The van der Waals surface area contributed by atoms with Crippen molar-refractivity contribution in [2.45, 2.75) is 38.6 Å². The number of piperazine rings is 1. The lowest BCUT2D eigenvalue weighted by Gasteiger charge is -2.38. The number of nitrogens with two attached hydrogens (primary N) is 1. The quantitative estimate of drug-likeness (QED) is 0.778. The van der Waals surface area contributed by atoms with Gasteiger partial charge in [0.15, 0.2) is 0 Å². The van der Waals surface area contributed by atoms with E-state index in [4.69, 9.17) is 5.73 Å². The molecule has 2 N–H and O–H groups in total. The van der Waals surface area contributed by atoms with Crippen molar-refractivity contribution in [3.05, 3.63) is 0 Å². The maximum atomic E-state index is 12.2. The highest BCUT2D eigenvalue weighted by Crippen LogP contribution is 2.23. The van der Waals surface area contributed by atoms with Gasteiger partial charge in [0.1, 0.15) is 0 Å². The second-order valence-corrected chi connectivity index (χ2v) is 5.33. The van der Waals surface area contributed by atoms with Gasteiger partial charge in [0, 0.05) is 38.5 Å². The molecule has 0 aromatic carbocycles. The highest BCUT2D eigenvalue weighted by atomic mass is 16.2. The molecule has 2 fully saturated rings. The smallest absolute Gasteiger partial charge is 0.223 e. The van der Waals surface area contributed by atoms with Crippen molar-refractivity contribution >= 4 is 11.8 Å². The SMILES string of the molecule is CCC(CN)CC(=O)N1CCN2C(=O)CCC2C1. The first kappa shape index (κ1) is 13.3. The van der Waals surface area contributed by atoms with E-state index < -0.39 is 0 Å². The summed E-state index contributed by atoms with van der Waals surface area (Å²) in [7, 11) is 0. The van der Waals surface area contributed by atoms with Crippen molar-refractivity contribution in [2.24, 2.45) is 11.7 Å². The Labute approximate surface area is 108 Å². The molecule has 18 heavy (non-hydrogen) atoms. The average molecular weight is 253 g/mol. The minimum Gasteiger partial charge on any atom is -0.339 e. The van der Waals surface area contributed by atoms with Gasteiger partial charge in [-0.1, -0.05) is 13.3 Å². The average Bonchev–Trinajstić information content (AvgIpc) is 2.77. The van der Waals surface area contributed by atoms with E-state index in [-0.39, 0.29) is 17.9 Å². The third-order valence-corrected chi connectivity index (χ3v) is 4.22. The lowest BCUT2D eigenvalue weighted by atomic mass is 10.0. The van der Waals surface area contributed by atoms with Crippen molar-refractivity contribution in [1.82, 2.24) is 9.80 Å². The van der Waals surface area contributed by atoms with Crippen LogP contribution in [0.2, 0.25) is 0 Å². The first-order valence-corrected chi connectivity index (χ1v) is 6.93. The number of hydrogen-bond donors (Lipinski definition) is 1. The van der Waals surface area contributed by atoms with Gasteiger partial charge in [-0.05, 0) is 18.9 Å². The molecule has 2 amide bonds. The van der Waals surface area contributed by atoms with Crippen molar-refractivity contribution in [3.8, 4) is 0 Å². The van der Waals surface area contributed by atoms with Crippen LogP contribution in [0.25, 0.3) is 0 Å². The summed E-state index contributed by atoms with van der Waals surface area (Å²) >= 11 is 0. The normalized spacial score (nSPS) is 25.2. The summed E-state index contributed by atoms with van der Waals surface area (Å²) in [5.41, 5.74) is 5.64. The summed E-state index contributed by atoms with van der Waals surface area (Å²) in [6.07, 6.45) is 3.04. The minimum atomic E-state index is 0.200. The van der Waals surface area contributed by atoms with E-state index in [0.29, 0.717) is 44.9 Å². The van der Waals surface area contributed by atoms with Crippen LogP contribution in [-0.2, 0) is 9.59 Å². The predicted octanol–water partition coefficient (Wildman–Crippen LogP) is 0.195. The first-order chi connectivity index (χ1) is 8.65. The van der Waals surface area contributed by atoms with Crippen LogP contribution in [0.1, 0.15) is 32.6 Å². The molecule has 2 atom stereocenters. The summed E-state index contributed by atoms with van der Waals surface area (Å²) in [5.74, 6) is 0.743. The fourth-order valence-corrected chi connectivity index (χ4v) is 2.86. The lowest BCUT2D eigenvalue weighted by molar-refractivity contribution is -0.139. The van der Waals surface area contributed by atoms with Crippen molar-refractivity contribution in [2.75, 3.05) is 26.2 Å². The molecule has 0 radical (unpaired) electrons. The molecule has 2 heterocycles. The highest BCUT2D eigenvalue weighted by molar-refractivity contribution is 5.80. The Hall–Kier alpha value is -1.10. The number of carbonyl (C=O) groups excluding carboxylic acids is 2. The fourth-order valence-electron chi connectivity index (χ4n) is 2.86.